The zero-order valence-corrected chi connectivity index (χ0v) is 12.0. The van der Waals surface area contributed by atoms with Gasteiger partial charge in [-0.1, -0.05) is 12.8 Å². The fraction of sp³-hybridized carbons (Fsp3) is 0.533. The van der Waals surface area contributed by atoms with Crippen molar-refractivity contribution in [3.63, 3.8) is 0 Å². The van der Waals surface area contributed by atoms with E-state index in [1.165, 1.54) is 7.11 Å². The molecule has 2 rings (SSSR count). The molecule has 5 nitrogen and oxygen atoms in total. The van der Waals surface area contributed by atoms with Crippen molar-refractivity contribution in [1.82, 2.24) is 5.32 Å². The Labute approximate surface area is 119 Å². The molecule has 0 aromatic heterocycles. The van der Waals surface area contributed by atoms with E-state index < -0.39 is 0 Å². The summed E-state index contributed by atoms with van der Waals surface area (Å²) in [5.74, 6) is 1.02. The number of rotatable bonds is 4. The zero-order valence-electron chi connectivity index (χ0n) is 12.0. The summed E-state index contributed by atoms with van der Waals surface area (Å²) in [6, 6.07) is 5.25. The molecule has 1 saturated carbocycles. The van der Waals surface area contributed by atoms with E-state index in [-0.39, 0.29) is 18.0 Å². The highest BCUT2D eigenvalue weighted by atomic mass is 16.5. The molecule has 1 aromatic carbocycles. The minimum atomic E-state index is -0.146. The summed E-state index contributed by atoms with van der Waals surface area (Å²) in [6.45, 7) is 0. The Hall–Kier alpha value is -1.75. The lowest BCUT2D eigenvalue weighted by molar-refractivity contribution is 0.0918. The second-order valence-corrected chi connectivity index (χ2v) is 5.09. The molecule has 1 amide bonds. The Bertz CT molecular complexity index is 476. The number of hydrogen-bond donors (Lipinski definition) is 2. The lowest BCUT2D eigenvalue weighted by atomic mass is 9.91. The van der Waals surface area contributed by atoms with Crippen LogP contribution in [0.3, 0.4) is 0 Å². The average molecular weight is 278 g/mol. The van der Waals surface area contributed by atoms with Gasteiger partial charge < -0.3 is 20.5 Å². The first-order valence-electron chi connectivity index (χ1n) is 6.94. The molecular formula is C15H22N2O3. The lowest BCUT2D eigenvalue weighted by Gasteiger charge is -2.29. The first-order valence-corrected chi connectivity index (χ1v) is 6.94. The molecule has 0 heterocycles. The van der Waals surface area contributed by atoms with Crippen molar-refractivity contribution in [2.75, 3.05) is 14.2 Å². The van der Waals surface area contributed by atoms with Gasteiger partial charge in [0.15, 0.2) is 0 Å². The van der Waals surface area contributed by atoms with Gasteiger partial charge in [0.2, 0.25) is 0 Å². The summed E-state index contributed by atoms with van der Waals surface area (Å²) >= 11 is 0. The van der Waals surface area contributed by atoms with Gasteiger partial charge in [-0.2, -0.15) is 0 Å². The highest BCUT2D eigenvalue weighted by molar-refractivity contribution is 5.97. The molecule has 1 fully saturated rings. The lowest BCUT2D eigenvalue weighted by Crippen LogP contribution is -2.49. The van der Waals surface area contributed by atoms with Gasteiger partial charge >= 0.3 is 0 Å². The van der Waals surface area contributed by atoms with E-state index in [0.717, 1.165) is 25.7 Å². The Morgan fingerprint density at radius 2 is 2.00 bits per heavy atom. The van der Waals surface area contributed by atoms with Crippen LogP contribution < -0.4 is 20.5 Å². The zero-order chi connectivity index (χ0) is 14.5. The predicted molar refractivity (Wildman–Crippen MR) is 77.2 cm³/mol. The maximum Gasteiger partial charge on any atom is 0.255 e. The van der Waals surface area contributed by atoms with E-state index >= 15 is 0 Å². The Balaban J connectivity index is 2.12. The van der Waals surface area contributed by atoms with Gasteiger partial charge in [0, 0.05) is 18.2 Å². The number of benzene rings is 1. The van der Waals surface area contributed by atoms with Gasteiger partial charge in [-0.25, -0.2) is 0 Å². The minimum Gasteiger partial charge on any atom is -0.497 e. The molecule has 1 aliphatic carbocycles. The fourth-order valence-corrected chi connectivity index (χ4v) is 2.57. The van der Waals surface area contributed by atoms with Crippen LogP contribution in [0.1, 0.15) is 36.0 Å². The maximum absolute atomic E-state index is 12.4. The number of amides is 1. The number of carbonyl (C=O) groups excluding carboxylic acids is 1. The molecule has 0 spiro atoms. The molecule has 3 N–H and O–H groups in total. The molecule has 5 heteroatoms. The van der Waals surface area contributed by atoms with Crippen LogP contribution in [0.25, 0.3) is 0 Å². The van der Waals surface area contributed by atoms with Crippen molar-refractivity contribution in [1.29, 1.82) is 0 Å². The summed E-state index contributed by atoms with van der Waals surface area (Å²) in [4.78, 5) is 12.4. The summed E-state index contributed by atoms with van der Waals surface area (Å²) < 4.78 is 10.4. The summed E-state index contributed by atoms with van der Waals surface area (Å²) in [7, 11) is 3.12. The third-order valence-electron chi connectivity index (χ3n) is 3.79. The number of methoxy groups -OCH3 is 2. The van der Waals surface area contributed by atoms with Crippen LogP contribution in [0.2, 0.25) is 0 Å². The molecule has 20 heavy (non-hydrogen) atoms. The second-order valence-electron chi connectivity index (χ2n) is 5.09. The van der Waals surface area contributed by atoms with Crippen molar-refractivity contribution >= 4 is 5.91 Å². The highest BCUT2D eigenvalue weighted by Crippen LogP contribution is 2.25. The molecule has 1 aromatic rings. The third kappa shape index (κ3) is 3.22. The fourth-order valence-electron chi connectivity index (χ4n) is 2.57. The summed E-state index contributed by atoms with van der Waals surface area (Å²) in [5, 5.41) is 3.01. The molecular weight excluding hydrogens is 256 g/mol. The smallest absolute Gasteiger partial charge is 0.255 e. The van der Waals surface area contributed by atoms with Crippen LogP contribution in [0.5, 0.6) is 11.5 Å². The van der Waals surface area contributed by atoms with Gasteiger partial charge in [-0.3, -0.25) is 4.79 Å². The molecule has 0 aliphatic heterocycles. The van der Waals surface area contributed by atoms with Crippen molar-refractivity contribution < 1.29 is 14.3 Å². The van der Waals surface area contributed by atoms with Crippen molar-refractivity contribution in [3.05, 3.63) is 23.8 Å². The van der Waals surface area contributed by atoms with Crippen LogP contribution in [0.4, 0.5) is 0 Å². The Morgan fingerprint density at radius 1 is 1.25 bits per heavy atom. The van der Waals surface area contributed by atoms with E-state index in [4.69, 9.17) is 15.2 Å². The topological polar surface area (TPSA) is 73.6 Å². The second kappa shape index (κ2) is 6.61. The Morgan fingerprint density at radius 3 is 2.65 bits per heavy atom. The van der Waals surface area contributed by atoms with Gasteiger partial charge in [0.25, 0.3) is 5.91 Å². The van der Waals surface area contributed by atoms with Crippen LogP contribution in [-0.4, -0.2) is 32.2 Å². The number of hydrogen-bond acceptors (Lipinski definition) is 4. The first kappa shape index (κ1) is 14.7. The Kier molecular flexibility index (Phi) is 4.84. The predicted octanol–water partition coefficient (Wildman–Crippen LogP) is 1.70. The summed E-state index contributed by atoms with van der Waals surface area (Å²) in [6.07, 6.45) is 4.15. The minimum absolute atomic E-state index is 0.0388. The number of nitrogens with one attached hydrogen (secondary N) is 1. The molecule has 110 valence electrons. The van der Waals surface area contributed by atoms with Gasteiger partial charge in [0.05, 0.1) is 19.8 Å². The quantitative estimate of drug-likeness (QED) is 0.879. The first-order chi connectivity index (χ1) is 9.65. The maximum atomic E-state index is 12.4. The molecule has 0 radical (unpaired) electrons. The average Bonchev–Trinajstić information content (AvgIpc) is 2.48. The number of ether oxygens (including phenoxy) is 2. The largest absolute Gasteiger partial charge is 0.497 e. The molecule has 1 aliphatic rings. The van der Waals surface area contributed by atoms with Crippen LogP contribution in [0, 0.1) is 0 Å². The SMILES string of the molecule is COc1ccc(C(=O)N[C@@H]2CCCC[C@H]2N)c(OC)c1. The van der Waals surface area contributed by atoms with Crippen molar-refractivity contribution in [2.45, 2.75) is 37.8 Å². The van der Waals surface area contributed by atoms with E-state index in [1.54, 1.807) is 25.3 Å². The monoisotopic (exact) mass is 278 g/mol. The number of nitrogens with two attached hydrogens (primary N) is 1. The number of carbonyl (C=O) groups is 1. The highest BCUT2D eigenvalue weighted by Gasteiger charge is 2.24. The van der Waals surface area contributed by atoms with Gasteiger partial charge in [0.1, 0.15) is 11.5 Å². The molecule has 0 bridgehead atoms. The van der Waals surface area contributed by atoms with Crippen LogP contribution in [-0.2, 0) is 0 Å². The van der Waals surface area contributed by atoms with E-state index in [9.17, 15) is 4.79 Å². The molecule has 0 unspecified atom stereocenters. The van der Waals surface area contributed by atoms with Gasteiger partial charge in [-0.15, -0.1) is 0 Å². The van der Waals surface area contributed by atoms with E-state index in [2.05, 4.69) is 5.32 Å². The summed E-state index contributed by atoms with van der Waals surface area (Å²) in [5.41, 5.74) is 6.56. The molecule has 0 saturated heterocycles. The molecule has 2 atom stereocenters. The van der Waals surface area contributed by atoms with E-state index in [1.807, 2.05) is 0 Å². The van der Waals surface area contributed by atoms with Crippen LogP contribution >= 0.6 is 0 Å². The standard InChI is InChI=1S/C15H22N2O3/c1-19-10-7-8-11(14(9-10)20-2)15(18)17-13-6-4-3-5-12(13)16/h7-9,12-13H,3-6,16H2,1-2H3,(H,17,18)/t12-,13-/m1/s1. The third-order valence-corrected chi connectivity index (χ3v) is 3.79. The van der Waals surface area contributed by atoms with Crippen molar-refractivity contribution in [3.8, 4) is 11.5 Å². The van der Waals surface area contributed by atoms with Crippen LogP contribution in [0.15, 0.2) is 18.2 Å². The van der Waals surface area contributed by atoms with E-state index in [0.29, 0.717) is 17.1 Å². The van der Waals surface area contributed by atoms with Crippen molar-refractivity contribution in [2.24, 2.45) is 5.73 Å². The normalized spacial score (nSPS) is 22.1. The van der Waals surface area contributed by atoms with Gasteiger partial charge in [-0.05, 0) is 25.0 Å².